The van der Waals surface area contributed by atoms with E-state index in [4.69, 9.17) is 221 Å². The van der Waals surface area contributed by atoms with E-state index < -0.39 is 24.4 Å². The zero-order valence-electron chi connectivity index (χ0n) is 87.3. The minimum absolute atomic E-state index is 0.207. The fourth-order valence-corrected chi connectivity index (χ4v) is 17.3. The van der Waals surface area contributed by atoms with E-state index in [2.05, 4.69) is 95.2 Å². The molecule has 145 heavy (non-hydrogen) atoms. The van der Waals surface area contributed by atoms with Gasteiger partial charge in [0.05, 0.1) is 114 Å². The maximum Gasteiger partial charge on any atom is 0.156 e. The van der Waals surface area contributed by atoms with E-state index in [0.29, 0.717) is 173 Å². The summed E-state index contributed by atoms with van der Waals surface area (Å²) in [6, 6.07) is 58.7. The Morgan fingerprint density at radius 3 is 0.448 bits per heavy atom. The van der Waals surface area contributed by atoms with Gasteiger partial charge in [-0.15, -0.1) is 58.0 Å². The Hall–Kier alpha value is -5.61. The number of rotatable bonds is 50. The molecule has 0 radical (unpaired) electrons. The monoisotopic (exact) mass is 2290 g/mol. The van der Waals surface area contributed by atoms with Gasteiger partial charge < -0.3 is 67.8 Å². The quantitative estimate of drug-likeness (QED) is 0.0265. The van der Waals surface area contributed by atoms with Crippen LogP contribution in [0.3, 0.4) is 0 Å². The van der Waals surface area contributed by atoms with E-state index in [-0.39, 0.29) is 83.1 Å². The van der Waals surface area contributed by atoms with Gasteiger partial charge in [-0.2, -0.15) is 0 Å². The molecule has 0 saturated carbocycles. The molecule has 0 bridgehead atoms. The highest BCUT2D eigenvalue weighted by Gasteiger charge is 2.33. The van der Waals surface area contributed by atoms with Crippen LogP contribution in [0.25, 0.3) is 0 Å². The molecule has 0 aliphatic carbocycles. The van der Waals surface area contributed by atoms with Crippen LogP contribution in [0.4, 0.5) is 0 Å². The Kier molecular flexibility index (Phi) is 55.2. The summed E-state index contributed by atoms with van der Waals surface area (Å²) in [4.78, 5) is 0. The lowest BCUT2D eigenvalue weighted by atomic mass is 9.78. The average Bonchev–Trinajstić information content (AvgIpc) is 0.801. The fraction of sp³-hybridized carbons (Fsp3) is 0.483. The molecule has 10 aromatic rings. The Balaban J connectivity index is 0.000000277. The van der Waals surface area contributed by atoms with Crippen LogP contribution in [-0.2, 0) is 27.1 Å². The summed E-state index contributed by atoms with van der Waals surface area (Å²) < 4.78 is 57.3. The minimum atomic E-state index is -0.455. The second-order valence-corrected chi connectivity index (χ2v) is 45.4. The molecular formula is C116H147Cl15O14. The van der Waals surface area contributed by atoms with Gasteiger partial charge in [-0.3, -0.25) is 0 Å². The van der Waals surface area contributed by atoms with Crippen LogP contribution in [0, 0.1) is 35.5 Å². The van der Waals surface area contributed by atoms with Crippen molar-refractivity contribution in [3.63, 3.8) is 0 Å². The number of alkyl halides is 5. The molecule has 0 aromatic heterocycles. The number of ether oxygens (including phenoxy) is 10. The molecule has 0 amide bonds. The van der Waals surface area contributed by atoms with Crippen molar-refractivity contribution in [3.05, 3.63) is 288 Å². The standard InChI is InChI=1S/C24H31Cl3O2.4C23H29Cl3O3/c1-6-16(2)14-28-20-9-7-18(8-10-20)24(4,5)19-11-21(26)23(22(27)12-19)29-15-17(3)13-25;4*1-5-18(27)14-28-19-8-6-16(7-9-19)23(3,4)17-10-20(25)22(21(26)11-17)29-13-15(2)12-24/h7-12,16-17H,6,13-15H2,1-5H3;4*6-11,15,18,27H,5,12-14H2,1-4H3/t;2*15-,18+;2*15-,18-/m.1010/s1. The predicted octanol–water partition coefficient (Wildman–Crippen LogP) is 34.9. The molecule has 10 atom stereocenters. The van der Waals surface area contributed by atoms with Crippen molar-refractivity contribution < 1.29 is 67.8 Å². The van der Waals surface area contributed by atoms with Crippen molar-refractivity contribution in [2.45, 2.75) is 229 Å². The Morgan fingerprint density at radius 1 is 0.193 bits per heavy atom. The molecule has 0 aliphatic heterocycles. The Labute approximate surface area is 938 Å². The van der Waals surface area contributed by atoms with Gasteiger partial charge >= 0.3 is 0 Å². The van der Waals surface area contributed by atoms with Crippen LogP contribution in [0.15, 0.2) is 182 Å². The largest absolute Gasteiger partial charge is 0.493 e. The summed E-state index contributed by atoms with van der Waals surface area (Å²) in [5.41, 5.74) is 8.94. The Morgan fingerprint density at radius 2 is 0.324 bits per heavy atom. The SMILES string of the molecule is CCC(C)COc1ccc(C(C)(C)c2cc(Cl)c(OCC(C)CCl)c(Cl)c2)cc1.CC[C@@H](O)COc1ccc(C(C)(C)c2cc(Cl)c(OC[C@@H](C)CCl)c(Cl)c2)cc1.CC[C@@H](O)COc1ccc(C(C)(C)c2cc(Cl)c(OC[C@H](C)CCl)c(Cl)c2)cc1.CC[C@H](O)COc1ccc(C(C)(C)c2cc(Cl)c(OC[C@@H](C)CCl)c(Cl)c2)cc1.CC[C@H](O)COc1ccc(C(C)(C)c2cc(Cl)c(OC[C@H](C)CCl)c(Cl)c2)cc1. The summed E-state index contributed by atoms with van der Waals surface area (Å²) in [6.45, 7) is 47.5. The van der Waals surface area contributed by atoms with Crippen molar-refractivity contribution in [1.82, 2.24) is 0 Å². The molecule has 0 fully saturated rings. The van der Waals surface area contributed by atoms with Crippen LogP contribution in [0.2, 0.25) is 50.2 Å². The summed E-state index contributed by atoms with van der Waals surface area (Å²) in [7, 11) is 0. The molecule has 0 aliphatic rings. The molecule has 29 heteroatoms. The zero-order valence-corrected chi connectivity index (χ0v) is 98.6. The van der Waals surface area contributed by atoms with E-state index >= 15 is 0 Å². The third-order valence-corrected chi connectivity index (χ3v) is 30.7. The maximum absolute atomic E-state index is 9.64. The molecule has 4 N–H and O–H groups in total. The molecule has 800 valence electrons. The first-order valence-electron chi connectivity index (χ1n) is 49.2. The van der Waals surface area contributed by atoms with Crippen LogP contribution >= 0.6 is 174 Å². The van der Waals surface area contributed by atoms with Gasteiger partial charge in [0.15, 0.2) is 28.7 Å². The van der Waals surface area contributed by atoms with Gasteiger partial charge in [-0.1, -0.05) is 328 Å². The van der Waals surface area contributed by atoms with Gasteiger partial charge in [0.2, 0.25) is 0 Å². The van der Waals surface area contributed by atoms with Crippen LogP contribution in [0.5, 0.6) is 57.5 Å². The lowest BCUT2D eigenvalue weighted by Crippen LogP contribution is -2.19. The summed E-state index contributed by atoms with van der Waals surface area (Å²) in [6.07, 6.45) is 1.94. The number of benzene rings is 10. The molecule has 0 saturated heterocycles. The lowest BCUT2D eigenvalue weighted by molar-refractivity contribution is 0.104. The summed E-state index contributed by atoms with van der Waals surface area (Å²) in [5, 5.41) is 43.4. The van der Waals surface area contributed by atoms with Crippen molar-refractivity contribution in [2.75, 3.05) is 95.5 Å². The molecule has 10 rings (SSSR count). The first-order valence-corrected chi connectivity index (χ1v) is 55.7. The second kappa shape index (κ2) is 62.5. The number of hydrogen-bond donors (Lipinski definition) is 4. The van der Waals surface area contributed by atoms with Crippen LogP contribution < -0.4 is 47.4 Å². The maximum atomic E-state index is 9.64. The first kappa shape index (κ1) is 128. The second-order valence-electron chi connectivity index (χ2n) is 39.8. The van der Waals surface area contributed by atoms with Crippen molar-refractivity contribution in [2.24, 2.45) is 35.5 Å². The van der Waals surface area contributed by atoms with E-state index in [9.17, 15) is 20.4 Å². The molecule has 0 heterocycles. The van der Waals surface area contributed by atoms with E-state index in [0.717, 1.165) is 97.4 Å². The number of aliphatic hydroxyl groups is 4. The van der Waals surface area contributed by atoms with E-state index in [1.807, 2.05) is 232 Å². The fourth-order valence-electron chi connectivity index (χ4n) is 13.9. The van der Waals surface area contributed by atoms with Gasteiger partial charge in [0.1, 0.15) is 55.2 Å². The zero-order chi connectivity index (χ0) is 108. The van der Waals surface area contributed by atoms with E-state index in [1.54, 1.807) is 0 Å². The highest BCUT2D eigenvalue weighted by atomic mass is 35.5. The van der Waals surface area contributed by atoms with Gasteiger partial charge in [-0.25, -0.2) is 0 Å². The van der Waals surface area contributed by atoms with Gasteiger partial charge in [0, 0.05) is 86.1 Å². The number of halogens is 15. The molecular weight excluding hydrogens is 2150 g/mol. The highest BCUT2D eigenvalue weighted by molar-refractivity contribution is 6.40. The van der Waals surface area contributed by atoms with Crippen molar-refractivity contribution in [1.29, 1.82) is 0 Å². The molecule has 10 aromatic carbocycles. The third kappa shape index (κ3) is 39.8. The van der Waals surface area contributed by atoms with E-state index in [1.165, 1.54) is 0 Å². The van der Waals surface area contributed by atoms with Crippen molar-refractivity contribution in [3.8, 4) is 57.5 Å². The molecule has 14 nitrogen and oxygen atoms in total. The molecule has 2 unspecified atom stereocenters. The van der Waals surface area contributed by atoms with Gasteiger partial charge in [-0.05, 0) is 209 Å². The Bertz CT molecular complexity index is 4620. The lowest BCUT2D eigenvalue weighted by Gasteiger charge is -2.27. The number of hydrogen-bond acceptors (Lipinski definition) is 14. The molecule has 0 spiro atoms. The topological polar surface area (TPSA) is 173 Å². The first-order chi connectivity index (χ1) is 68.4. The normalized spacial score (nSPS) is 13.8. The third-order valence-electron chi connectivity index (χ3n) is 25.2. The number of aliphatic hydroxyl groups excluding tert-OH is 4. The smallest absolute Gasteiger partial charge is 0.156 e. The van der Waals surface area contributed by atoms with Crippen molar-refractivity contribution >= 4 is 174 Å². The predicted molar refractivity (Wildman–Crippen MR) is 614 cm³/mol. The average molecular weight is 2300 g/mol. The highest BCUT2D eigenvalue weighted by Crippen LogP contribution is 2.48. The summed E-state index contributed by atoms with van der Waals surface area (Å²) >= 11 is 94.0. The van der Waals surface area contributed by atoms with Gasteiger partial charge in [0.25, 0.3) is 0 Å². The minimum Gasteiger partial charge on any atom is -0.493 e. The van der Waals surface area contributed by atoms with Crippen LogP contribution in [0.1, 0.15) is 233 Å². The van der Waals surface area contributed by atoms with Crippen LogP contribution in [-0.4, -0.2) is 140 Å². The summed E-state index contributed by atoms with van der Waals surface area (Å²) in [5.74, 6) is 10.4.